The van der Waals surface area contributed by atoms with E-state index < -0.39 is 0 Å². The van der Waals surface area contributed by atoms with Crippen molar-refractivity contribution in [3.63, 3.8) is 0 Å². The van der Waals surface area contributed by atoms with Crippen LogP contribution in [0, 0.1) is 0 Å². The largest absolute Gasteiger partial charge is 1.00 e. The molecule has 21 heavy (non-hydrogen) atoms. The minimum absolute atomic E-state index is 0. The Morgan fingerprint density at radius 3 is 1.00 bits per heavy atom. The van der Waals surface area contributed by atoms with Gasteiger partial charge in [-0.15, -0.1) is 23.2 Å². The number of alkyl halides is 2. The van der Waals surface area contributed by atoms with Gasteiger partial charge < -0.3 is 36.7 Å². The van der Waals surface area contributed by atoms with E-state index in [9.17, 15) is 0 Å². The van der Waals surface area contributed by atoms with Gasteiger partial charge in [0.25, 0.3) is 0 Å². The highest BCUT2D eigenvalue weighted by atomic mass is 35.5. The average Bonchev–Trinajstić information content (AvgIpc) is 2.28. The van der Waals surface area contributed by atoms with Gasteiger partial charge in [0, 0.05) is 0 Å². The fourth-order valence-electron chi connectivity index (χ4n) is 1.36. The standard InChI is InChI=1S/2C6H15ClNO.CH3O.ClH/c2*1-8(2,3)5-6(9)4-7;1-2;/h2*6,9H,4-5H2,1-3H3;1H3;1H/q2*+1;-1;/p-1. The quantitative estimate of drug-likeness (QED) is 0.377. The molecule has 0 bridgehead atoms. The first-order chi connectivity index (χ1) is 8.91. The summed E-state index contributed by atoms with van der Waals surface area (Å²) in [5.41, 5.74) is 0. The molecule has 0 aromatic carbocycles. The van der Waals surface area contributed by atoms with Crippen LogP contribution in [0.4, 0.5) is 0 Å². The number of halogens is 3. The third kappa shape index (κ3) is 33.5. The number of hydrogen-bond acceptors (Lipinski definition) is 3. The van der Waals surface area contributed by atoms with Crippen LogP contribution in [0.25, 0.3) is 0 Å². The predicted molar refractivity (Wildman–Crippen MR) is 85.2 cm³/mol. The Kier molecular flexibility index (Phi) is 22.0. The highest BCUT2D eigenvalue weighted by molar-refractivity contribution is 6.18. The molecule has 0 fully saturated rings. The van der Waals surface area contributed by atoms with E-state index in [0.29, 0.717) is 24.8 Å². The molecule has 0 aliphatic heterocycles. The Labute approximate surface area is 146 Å². The Morgan fingerprint density at radius 1 is 0.762 bits per heavy atom. The first kappa shape index (κ1) is 29.7. The number of nitrogens with zero attached hydrogens (tertiary/aromatic N) is 2. The Morgan fingerprint density at radius 2 is 0.952 bits per heavy atom. The number of rotatable bonds is 6. The first-order valence-electron chi connectivity index (χ1n) is 6.41. The van der Waals surface area contributed by atoms with Gasteiger partial charge in [0.1, 0.15) is 25.3 Å². The summed E-state index contributed by atoms with van der Waals surface area (Å²) in [6, 6.07) is 0. The maximum absolute atomic E-state index is 9.05. The average molecular weight is 372 g/mol. The van der Waals surface area contributed by atoms with Crippen molar-refractivity contribution in [3.05, 3.63) is 0 Å². The molecule has 2 atom stereocenters. The highest BCUT2D eigenvalue weighted by Crippen LogP contribution is 1.96. The Hall–Kier alpha value is 0.670. The molecular formula is C13H33Cl3N2O3. The van der Waals surface area contributed by atoms with Gasteiger partial charge in [-0.25, -0.2) is 0 Å². The van der Waals surface area contributed by atoms with E-state index in [0.717, 1.165) is 16.1 Å². The smallest absolute Gasteiger partial charge is 0.116 e. The first-order valence-corrected chi connectivity index (χ1v) is 7.48. The summed E-state index contributed by atoms with van der Waals surface area (Å²) in [6.45, 7) is 1.42. The molecule has 5 nitrogen and oxygen atoms in total. The summed E-state index contributed by atoms with van der Waals surface area (Å²) in [6.07, 6.45) is -0.738. The molecule has 0 saturated heterocycles. The van der Waals surface area contributed by atoms with Gasteiger partial charge >= 0.3 is 0 Å². The van der Waals surface area contributed by atoms with Crippen LogP contribution in [0.2, 0.25) is 0 Å². The van der Waals surface area contributed by atoms with Crippen LogP contribution < -0.4 is 17.5 Å². The molecule has 0 heterocycles. The van der Waals surface area contributed by atoms with Crippen molar-refractivity contribution in [1.82, 2.24) is 0 Å². The van der Waals surface area contributed by atoms with Crippen molar-refractivity contribution >= 4 is 23.2 Å². The number of quaternary nitrogens is 2. The number of hydrogen-bond donors (Lipinski definition) is 2. The monoisotopic (exact) mass is 370 g/mol. The van der Waals surface area contributed by atoms with Gasteiger partial charge in [-0.1, -0.05) is 0 Å². The van der Waals surface area contributed by atoms with Crippen LogP contribution in [0.3, 0.4) is 0 Å². The molecule has 8 heteroatoms. The lowest BCUT2D eigenvalue weighted by Gasteiger charge is -2.25. The SMILES string of the molecule is C[N+](C)(C)CC(O)CCl.C[N+](C)(C)CC(O)CCl.C[O-].[Cl-]. The maximum atomic E-state index is 9.05. The van der Waals surface area contributed by atoms with Crippen LogP contribution in [0.5, 0.6) is 0 Å². The second-order valence-corrected chi connectivity index (χ2v) is 7.18. The van der Waals surface area contributed by atoms with E-state index in [1.807, 2.05) is 42.3 Å². The molecule has 0 aromatic heterocycles. The van der Waals surface area contributed by atoms with Gasteiger partial charge in [0.15, 0.2) is 0 Å². The molecule has 134 valence electrons. The Balaban J connectivity index is -0.000000118. The normalized spacial score (nSPS) is 13.7. The van der Waals surface area contributed by atoms with Crippen molar-refractivity contribution in [1.29, 1.82) is 0 Å². The van der Waals surface area contributed by atoms with Crippen molar-refractivity contribution in [2.75, 3.05) is 74.2 Å². The van der Waals surface area contributed by atoms with E-state index in [2.05, 4.69) is 0 Å². The minimum atomic E-state index is -0.369. The lowest BCUT2D eigenvalue weighted by atomic mass is 10.3. The topological polar surface area (TPSA) is 63.5 Å². The van der Waals surface area contributed by atoms with Gasteiger partial charge in [0.2, 0.25) is 0 Å². The fraction of sp³-hybridized carbons (Fsp3) is 1.00. The maximum Gasteiger partial charge on any atom is 0.116 e. The molecule has 0 aliphatic carbocycles. The fourth-order valence-corrected chi connectivity index (χ4v) is 1.56. The summed E-state index contributed by atoms with van der Waals surface area (Å²) in [5.74, 6) is 0.658. The number of aliphatic hydroxyl groups excluding tert-OH is 2. The van der Waals surface area contributed by atoms with Crippen LogP contribution in [0.1, 0.15) is 0 Å². The molecule has 0 radical (unpaired) electrons. The second kappa shape index (κ2) is 15.6. The van der Waals surface area contributed by atoms with E-state index >= 15 is 0 Å². The number of likely N-dealkylation sites (N-methyl/N-ethyl adjacent to an activating group) is 2. The summed E-state index contributed by atoms with van der Waals surface area (Å²) >= 11 is 10.8. The second-order valence-electron chi connectivity index (χ2n) is 6.56. The van der Waals surface area contributed by atoms with Gasteiger partial charge in [-0.3, -0.25) is 0 Å². The van der Waals surface area contributed by atoms with Gasteiger partial charge in [-0.05, 0) is 0 Å². The summed E-state index contributed by atoms with van der Waals surface area (Å²) in [7, 11) is 12.9. The molecule has 2 unspecified atom stereocenters. The van der Waals surface area contributed by atoms with Crippen LogP contribution in [-0.2, 0) is 0 Å². The molecule has 0 amide bonds. The molecule has 0 aromatic rings. The van der Waals surface area contributed by atoms with Crippen molar-refractivity contribution in [2.24, 2.45) is 0 Å². The van der Waals surface area contributed by atoms with E-state index in [-0.39, 0.29) is 24.6 Å². The van der Waals surface area contributed by atoms with E-state index in [1.54, 1.807) is 0 Å². The van der Waals surface area contributed by atoms with Crippen LogP contribution in [0.15, 0.2) is 0 Å². The summed E-state index contributed by atoms with van der Waals surface area (Å²) in [5, 5.41) is 26.3. The Bertz CT molecular complexity index is 188. The number of aliphatic hydroxyl groups is 2. The third-order valence-electron chi connectivity index (χ3n) is 1.87. The zero-order valence-corrected chi connectivity index (χ0v) is 16.6. The van der Waals surface area contributed by atoms with E-state index in [4.69, 9.17) is 38.5 Å². The summed E-state index contributed by atoms with van der Waals surface area (Å²) < 4.78 is 1.52. The van der Waals surface area contributed by atoms with Crippen molar-refractivity contribution in [3.8, 4) is 0 Å². The van der Waals surface area contributed by atoms with Crippen molar-refractivity contribution < 1.29 is 36.7 Å². The molecule has 0 rings (SSSR count). The molecule has 0 aliphatic rings. The lowest BCUT2D eigenvalue weighted by molar-refractivity contribution is -0.873. The molecular weight excluding hydrogens is 339 g/mol. The lowest BCUT2D eigenvalue weighted by Crippen LogP contribution is -3.00. The van der Waals surface area contributed by atoms with Gasteiger partial charge in [-0.2, -0.15) is 7.11 Å². The zero-order valence-electron chi connectivity index (χ0n) is 14.3. The highest BCUT2D eigenvalue weighted by Gasteiger charge is 2.13. The molecule has 0 saturated carbocycles. The van der Waals surface area contributed by atoms with Gasteiger partial charge in [0.05, 0.1) is 54.0 Å². The summed E-state index contributed by atoms with van der Waals surface area (Å²) in [4.78, 5) is 0. The molecule has 2 N–H and O–H groups in total. The minimum Gasteiger partial charge on any atom is -1.00 e. The van der Waals surface area contributed by atoms with Crippen molar-refractivity contribution in [2.45, 2.75) is 12.2 Å². The molecule has 0 spiro atoms. The predicted octanol–water partition coefficient (Wildman–Crippen LogP) is -3.43. The third-order valence-corrected chi connectivity index (χ3v) is 2.59. The van der Waals surface area contributed by atoms with Crippen LogP contribution >= 0.6 is 23.2 Å². The zero-order chi connectivity index (χ0) is 17.0. The van der Waals surface area contributed by atoms with Crippen LogP contribution in [-0.4, -0.2) is 106 Å². The van der Waals surface area contributed by atoms with E-state index in [1.165, 1.54) is 0 Å².